The van der Waals surface area contributed by atoms with Crippen molar-refractivity contribution in [1.82, 2.24) is 10.6 Å². The third kappa shape index (κ3) is 3.01. The van der Waals surface area contributed by atoms with Crippen molar-refractivity contribution < 1.29 is 9.90 Å². The lowest BCUT2D eigenvalue weighted by molar-refractivity contribution is -0.124. The second-order valence-electron chi connectivity index (χ2n) is 6.95. The number of aliphatic hydroxyl groups excluding tert-OH is 1. The Labute approximate surface area is 121 Å². The predicted octanol–water partition coefficient (Wildman–Crippen LogP) is 1.57. The first-order valence-corrected chi connectivity index (χ1v) is 8.45. The van der Waals surface area contributed by atoms with Crippen molar-refractivity contribution in [2.24, 2.45) is 11.8 Å². The summed E-state index contributed by atoms with van der Waals surface area (Å²) < 4.78 is 0. The molecule has 2 aliphatic carbocycles. The van der Waals surface area contributed by atoms with Gasteiger partial charge in [-0.25, -0.2) is 0 Å². The van der Waals surface area contributed by atoms with E-state index >= 15 is 0 Å². The first kappa shape index (κ1) is 14.3. The maximum Gasteiger partial charge on any atom is 0.237 e. The molecule has 1 heterocycles. The van der Waals surface area contributed by atoms with Crippen LogP contribution in [-0.4, -0.2) is 35.7 Å². The van der Waals surface area contributed by atoms with Gasteiger partial charge in [-0.2, -0.15) is 0 Å². The molecule has 0 radical (unpaired) electrons. The zero-order valence-electron chi connectivity index (χ0n) is 12.3. The van der Waals surface area contributed by atoms with Gasteiger partial charge in [0.2, 0.25) is 5.91 Å². The molecule has 1 amide bonds. The van der Waals surface area contributed by atoms with Crippen molar-refractivity contribution in [2.75, 3.05) is 6.61 Å². The monoisotopic (exact) mass is 280 g/mol. The zero-order valence-corrected chi connectivity index (χ0v) is 12.3. The van der Waals surface area contributed by atoms with Gasteiger partial charge in [0.15, 0.2) is 0 Å². The molecule has 3 fully saturated rings. The summed E-state index contributed by atoms with van der Waals surface area (Å²) in [5, 5.41) is 16.2. The van der Waals surface area contributed by atoms with Crippen molar-refractivity contribution in [3.05, 3.63) is 0 Å². The Morgan fingerprint density at radius 2 is 1.85 bits per heavy atom. The molecule has 0 bridgehead atoms. The van der Waals surface area contributed by atoms with Crippen LogP contribution in [0.5, 0.6) is 0 Å². The Balaban J connectivity index is 1.54. The molecule has 5 unspecified atom stereocenters. The van der Waals surface area contributed by atoms with Gasteiger partial charge in [0, 0.05) is 24.6 Å². The Bertz CT molecular complexity index is 333. The molecule has 0 spiro atoms. The minimum Gasteiger partial charge on any atom is -0.396 e. The highest BCUT2D eigenvalue weighted by Gasteiger charge is 2.39. The van der Waals surface area contributed by atoms with E-state index in [1.54, 1.807) is 0 Å². The van der Waals surface area contributed by atoms with E-state index in [2.05, 4.69) is 10.6 Å². The van der Waals surface area contributed by atoms with Crippen molar-refractivity contribution in [3.63, 3.8) is 0 Å². The smallest absolute Gasteiger partial charge is 0.237 e. The van der Waals surface area contributed by atoms with Gasteiger partial charge in [-0.05, 0) is 38.0 Å². The number of nitrogens with one attached hydrogen (secondary N) is 2. The summed E-state index contributed by atoms with van der Waals surface area (Å²) in [6.07, 6.45) is 10.6. The second kappa shape index (κ2) is 6.44. The van der Waals surface area contributed by atoms with Gasteiger partial charge < -0.3 is 15.7 Å². The van der Waals surface area contributed by atoms with Crippen LogP contribution in [0.25, 0.3) is 0 Å². The molecule has 3 N–H and O–H groups in total. The molecule has 1 aliphatic heterocycles. The number of hydrogen-bond donors (Lipinski definition) is 3. The van der Waals surface area contributed by atoms with E-state index in [1.165, 1.54) is 38.5 Å². The summed E-state index contributed by atoms with van der Waals surface area (Å²) in [6, 6.07) is 0.759. The molecule has 1 saturated heterocycles. The molecule has 4 nitrogen and oxygen atoms in total. The van der Waals surface area contributed by atoms with Crippen LogP contribution >= 0.6 is 0 Å². The molecular formula is C16H28N2O2. The number of amides is 1. The van der Waals surface area contributed by atoms with Gasteiger partial charge in [-0.3, -0.25) is 4.79 Å². The number of fused-ring (bicyclic) bond motifs is 1. The van der Waals surface area contributed by atoms with E-state index in [-0.39, 0.29) is 30.5 Å². The Kier molecular flexibility index (Phi) is 4.61. The highest BCUT2D eigenvalue weighted by Crippen LogP contribution is 2.33. The Morgan fingerprint density at radius 1 is 1.10 bits per heavy atom. The normalized spacial score (nSPS) is 41.1. The van der Waals surface area contributed by atoms with Crippen LogP contribution < -0.4 is 10.6 Å². The van der Waals surface area contributed by atoms with Gasteiger partial charge in [-0.1, -0.05) is 25.7 Å². The molecule has 5 atom stereocenters. The summed E-state index contributed by atoms with van der Waals surface area (Å²) in [5.74, 6) is 1.14. The van der Waals surface area contributed by atoms with Gasteiger partial charge in [-0.15, -0.1) is 0 Å². The second-order valence-corrected chi connectivity index (χ2v) is 6.95. The van der Waals surface area contributed by atoms with E-state index in [0.29, 0.717) is 12.0 Å². The number of aliphatic hydroxyl groups is 1. The van der Waals surface area contributed by atoms with E-state index in [0.717, 1.165) is 19.3 Å². The summed E-state index contributed by atoms with van der Waals surface area (Å²) in [6.45, 7) is 0.203. The molecule has 114 valence electrons. The minimum atomic E-state index is 0.00405. The summed E-state index contributed by atoms with van der Waals surface area (Å²) in [5.41, 5.74) is 0. The summed E-state index contributed by atoms with van der Waals surface area (Å²) in [7, 11) is 0. The number of carbonyl (C=O) groups is 1. The lowest BCUT2D eigenvalue weighted by Crippen LogP contribution is -2.50. The maximum absolute atomic E-state index is 12.5. The highest BCUT2D eigenvalue weighted by molar-refractivity contribution is 5.82. The van der Waals surface area contributed by atoms with Gasteiger partial charge in [0.1, 0.15) is 0 Å². The fourth-order valence-electron chi connectivity index (χ4n) is 4.42. The largest absolute Gasteiger partial charge is 0.396 e. The molecule has 3 rings (SSSR count). The highest BCUT2D eigenvalue weighted by atomic mass is 16.3. The SMILES string of the molecule is O=C(NC1CCCCC1CO)C1CC2CCCCC2N1. The van der Waals surface area contributed by atoms with E-state index in [4.69, 9.17) is 0 Å². The average molecular weight is 280 g/mol. The molecule has 0 aromatic carbocycles. The summed E-state index contributed by atoms with van der Waals surface area (Å²) >= 11 is 0. The van der Waals surface area contributed by atoms with Crippen molar-refractivity contribution in [3.8, 4) is 0 Å². The molecule has 0 aromatic rings. The molecule has 2 saturated carbocycles. The number of carbonyl (C=O) groups excluding carboxylic acids is 1. The molecule has 4 heteroatoms. The number of rotatable bonds is 3. The van der Waals surface area contributed by atoms with Crippen LogP contribution in [0.2, 0.25) is 0 Å². The third-order valence-electron chi connectivity index (χ3n) is 5.65. The molecule has 3 aliphatic rings. The molecular weight excluding hydrogens is 252 g/mol. The quantitative estimate of drug-likeness (QED) is 0.735. The topological polar surface area (TPSA) is 61.4 Å². The van der Waals surface area contributed by atoms with Crippen molar-refractivity contribution in [1.29, 1.82) is 0 Å². The minimum absolute atomic E-state index is 0.00405. The average Bonchev–Trinajstić information content (AvgIpc) is 2.92. The maximum atomic E-state index is 12.5. The Hall–Kier alpha value is -0.610. The first-order valence-electron chi connectivity index (χ1n) is 8.45. The fourth-order valence-corrected chi connectivity index (χ4v) is 4.42. The van der Waals surface area contributed by atoms with E-state index < -0.39 is 0 Å². The van der Waals surface area contributed by atoms with Gasteiger partial charge >= 0.3 is 0 Å². The van der Waals surface area contributed by atoms with Crippen LogP contribution in [0.1, 0.15) is 57.8 Å². The van der Waals surface area contributed by atoms with Crippen molar-refractivity contribution in [2.45, 2.75) is 75.9 Å². The predicted molar refractivity (Wildman–Crippen MR) is 78.3 cm³/mol. The lowest BCUT2D eigenvalue weighted by atomic mass is 9.84. The third-order valence-corrected chi connectivity index (χ3v) is 5.65. The van der Waals surface area contributed by atoms with E-state index in [1.807, 2.05) is 0 Å². The molecule has 20 heavy (non-hydrogen) atoms. The standard InChI is InChI=1S/C16H28N2O2/c19-10-12-6-2-4-8-14(12)18-16(20)15-9-11-5-1-3-7-13(11)17-15/h11-15,17,19H,1-10H2,(H,18,20). The van der Waals surface area contributed by atoms with E-state index in [9.17, 15) is 9.90 Å². The van der Waals surface area contributed by atoms with Gasteiger partial charge in [0.05, 0.1) is 6.04 Å². The van der Waals surface area contributed by atoms with Crippen LogP contribution in [0.4, 0.5) is 0 Å². The molecule has 0 aromatic heterocycles. The van der Waals surface area contributed by atoms with Gasteiger partial charge in [0.25, 0.3) is 0 Å². The summed E-state index contributed by atoms with van der Waals surface area (Å²) in [4.78, 5) is 12.5. The van der Waals surface area contributed by atoms with Crippen LogP contribution in [0.3, 0.4) is 0 Å². The number of hydrogen-bond acceptors (Lipinski definition) is 3. The van der Waals surface area contributed by atoms with Crippen LogP contribution in [0, 0.1) is 11.8 Å². The van der Waals surface area contributed by atoms with Crippen LogP contribution in [0.15, 0.2) is 0 Å². The zero-order chi connectivity index (χ0) is 13.9. The Morgan fingerprint density at radius 3 is 2.65 bits per heavy atom. The van der Waals surface area contributed by atoms with Crippen LogP contribution in [-0.2, 0) is 4.79 Å². The lowest BCUT2D eigenvalue weighted by Gasteiger charge is -2.31. The fraction of sp³-hybridized carbons (Fsp3) is 0.938. The van der Waals surface area contributed by atoms with Crippen molar-refractivity contribution >= 4 is 5.91 Å². The first-order chi connectivity index (χ1) is 9.78.